The van der Waals surface area contributed by atoms with Crippen molar-refractivity contribution in [1.82, 2.24) is 15.3 Å². The largest absolute Gasteiger partial charge is 0.340 e. The van der Waals surface area contributed by atoms with Crippen LogP contribution in [0.15, 0.2) is 24.3 Å². The molecular weight excluding hydrogens is 236 g/mol. The molecule has 4 nitrogen and oxygen atoms in total. The molecule has 1 aromatic carbocycles. The van der Waals surface area contributed by atoms with Crippen molar-refractivity contribution in [3.63, 3.8) is 0 Å². The molecule has 1 aliphatic rings. The van der Waals surface area contributed by atoms with Crippen LogP contribution in [0.4, 0.5) is 5.95 Å². The van der Waals surface area contributed by atoms with Crippen LogP contribution in [0.1, 0.15) is 6.92 Å². The Morgan fingerprint density at radius 2 is 2.18 bits per heavy atom. The van der Waals surface area contributed by atoms with Crippen molar-refractivity contribution in [1.29, 1.82) is 0 Å². The molecule has 1 atom stereocenters. The maximum atomic E-state index is 4.61. The monoisotopic (exact) mass is 252 g/mol. The summed E-state index contributed by atoms with van der Waals surface area (Å²) < 4.78 is 0. The molecule has 0 aliphatic carbocycles. The SMILES string of the molecule is CC1CN(c2nc3ccccc3[nH]2)CCN1.Cl. The summed E-state index contributed by atoms with van der Waals surface area (Å²) in [5.41, 5.74) is 2.16. The molecule has 1 fully saturated rings. The zero-order chi connectivity index (χ0) is 11.0. The van der Waals surface area contributed by atoms with Crippen LogP contribution < -0.4 is 10.2 Å². The highest BCUT2D eigenvalue weighted by atomic mass is 35.5. The van der Waals surface area contributed by atoms with Gasteiger partial charge in [-0.2, -0.15) is 0 Å². The van der Waals surface area contributed by atoms with Crippen LogP contribution >= 0.6 is 12.4 Å². The van der Waals surface area contributed by atoms with Gasteiger partial charge in [0.15, 0.2) is 0 Å². The standard InChI is InChI=1S/C12H16N4.ClH/c1-9-8-16(7-6-13-9)12-14-10-4-2-3-5-11(10)15-12;/h2-5,9,13H,6-8H2,1H3,(H,14,15);1H. The van der Waals surface area contributed by atoms with E-state index >= 15 is 0 Å². The topological polar surface area (TPSA) is 44.0 Å². The van der Waals surface area contributed by atoms with E-state index in [1.54, 1.807) is 0 Å². The summed E-state index contributed by atoms with van der Waals surface area (Å²) in [6.45, 7) is 5.26. The summed E-state index contributed by atoms with van der Waals surface area (Å²) in [5, 5.41) is 3.43. The van der Waals surface area contributed by atoms with Gasteiger partial charge in [-0.05, 0) is 19.1 Å². The molecule has 0 bridgehead atoms. The minimum Gasteiger partial charge on any atom is -0.340 e. The highest BCUT2D eigenvalue weighted by molar-refractivity contribution is 5.85. The Morgan fingerprint density at radius 1 is 1.35 bits per heavy atom. The van der Waals surface area contributed by atoms with Gasteiger partial charge in [0.1, 0.15) is 0 Å². The second-order valence-electron chi connectivity index (χ2n) is 4.38. The normalized spacial score (nSPS) is 20.3. The quantitative estimate of drug-likeness (QED) is 0.813. The highest BCUT2D eigenvalue weighted by Gasteiger charge is 2.18. The van der Waals surface area contributed by atoms with Gasteiger partial charge in [0.2, 0.25) is 5.95 Å². The second-order valence-corrected chi connectivity index (χ2v) is 4.38. The molecule has 3 rings (SSSR count). The number of benzene rings is 1. The summed E-state index contributed by atoms with van der Waals surface area (Å²) in [6, 6.07) is 8.69. The average molecular weight is 253 g/mol. The molecule has 0 radical (unpaired) electrons. The number of aromatic amines is 1. The van der Waals surface area contributed by atoms with Gasteiger partial charge in [0.25, 0.3) is 0 Å². The number of piperazine rings is 1. The minimum absolute atomic E-state index is 0. The summed E-state index contributed by atoms with van der Waals surface area (Å²) in [4.78, 5) is 10.3. The Kier molecular flexibility index (Phi) is 3.54. The van der Waals surface area contributed by atoms with Crippen molar-refractivity contribution in [3.8, 4) is 0 Å². The summed E-state index contributed by atoms with van der Waals surface area (Å²) in [7, 11) is 0. The smallest absolute Gasteiger partial charge is 0.203 e. The molecule has 2 heterocycles. The fourth-order valence-electron chi connectivity index (χ4n) is 2.21. The predicted octanol–water partition coefficient (Wildman–Crippen LogP) is 1.78. The summed E-state index contributed by atoms with van der Waals surface area (Å²) >= 11 is 0. The Labute approximate surface area is 107 Å². The van der Waals surface area contributed by atoms with Gasteiger partial charge in [0, 0.05) is 25.7 Å². The average Bonchev–Trinajstić information content (AvgIpc) is 2.72. The lowest BCUT2D eigenvalue weighted by Gasteiger charge is -2.31. The first-order chi connectivity index (χ1) is 7.83. The van der Waals surface area contributed by atoms with Gasteiger partial charge in [0.05, 0.1) is 11.0 Å². The lowest BCUT2D eigenvalue weighted by Crippen LogP contribution is -2.49. The van der Waals surface area contributed by atoms with E-state index in [-0.39, 0.29) is 12.4 Å². The van der Waals surface area contributed by atoms with Gasteiger partial charge in [-0.25, -0.2) is 4.98 Å². The zero-order valence-corrected chi connectivity index (χ0v) is 10.6. The maximum absolute atomic E-state index is 4.61. The first-order valence-electron chi connectivity index (χ1n) is 5.76. The Hall–Kier alpha value is -1.26. The van der Waals surface area contributed by atoms with Crippen LogP contribution in [0.2, 0.25) is 0 Å². The third kappa shape index (κ3) is 2.37. The van der Waals surface area contributed by atoms with Crippen molar-refractivity contribution in [2.75, 3.05) is 24.5 Å². The fraction of sp³-hybridized carbons (Fsp3) is 0.417. The van der Waals surface area contributed by atoms with Gasteiger partial charge in [-0.1, -0.05) is 12.1 Å². The third-order valence-electron chi connectivity index (χ3n) is 3.05. The van der Waals surface area contributed by atoms with Crippen LogP contribution in [0.5, 0.6) is 0 Å². The summed E-state index contributed by atoms with van der Waals surface area (Å²) in [5.74, 6) is 0.995. The lowest BCUT2D eigenvalue weighted by molar-refractivity contribution is 0.480. The number of fused-ring (bicyclic) bond motifs is 1. The predicted molar refractivity (Wildman–Crippen MR) is 73.0 cm³/mol. The molecule has 5 heteroatoms. The number of rotatable bonds is 1. The first kappa shape index (κ1) is 12.2. The Balaban J connectivity index is 0.00000108. The van der Waals surface area contributed by atoms with E-state index in [1.165, 1.54) is 0 Å². The van der Waals surface area contributed by atoms with Crippen LogP contribution in [-0.2, 0) is 0 Å². The van der Waals surface area contributed by atoms with Crippen molar-refractivity contribution < 1.29 is 0 Å². The van der Waals surface area contributed by atoms with Gasteiger partial charge in [-0.15, -0.1) is 12.4 Å². The van der Waals surface area contributed by atoms with Crippen molar-refractivity contribution in [2.45, 2.75) is 13.0 Å². The third-order valence-corrected chi connectivity index (χ3v) is 3.05. The number of H-pyrrole nitrogens is 1. The first-order valence-corrected chi connectivity index (χ1v) is 5.76. The van der Waals surface area contributed by atoms with Crippen LogP contribution in [0.25, 0.3) is 11.0 Å². The number of anilines is 1. The number of imidazole rings is 1. The van der Waals surface area contributed by atoms with E-state index in [2.05, 4.69) is 33.2 Å². The van der Waals surface area contributed by atoms with Gasteiger partial charge in [-0.3, -0.25) is 0 Å². The summed E-state index contributed by atoms with van der Waals surface area (Å²) in [6.07, 6.45) is 0. The van der Waals surface area contributed by atoms with Crippen molar-refractivity contribution in [3.05, 3.63) is 24.3 Å². The number of hydrogen-bond donors (Lipinski definition) is 2. The second kappa shape index (κ2) is 4.94. The number of nitrogens with zero attached hydrogens (tertiary/aromatic N) is 2. The van der Waals surface area contributed by atoms with E-state index in [0.717, 1.165) is 36.6 Å². The van der Waals surface area contributed by atoms with Crippen LogP contribution in [0.3, 0.4) is 0 Å². The molecule has 1 unspecified atom stereocenters. The molecule has 2 aromatic rings. The molecule has 1 aliphatic heterocycles. The van der Waals surface area contributed by atoms with Crippen LogP contribution in [-0.4, -0.2) is 35.6 Å². The van der Waals surface area contributed by atoms with E-state index in [9.17, 15) is 0 Å². The van der Waals surface area contributed by atoms with E-state index < -0.39 is 0 Å². The Morgan fingerprint density at radius 3 is 2.94 bits per heavy atom. The molecule has 0 saturated carbocycles. The molecule has 0 amide bonds. The lowest BCUT2D eigenvalue weighted by atomic mass is 10.2. The number of para-hydroxylation sites is 2. The number of aromatic nitrogens is 2. The van der Waals surface area contributed by atoms with Crippen molar-refractivity contribution >= 4 is 29.4 Å². The molecule has 92 valence electrons. The van der Waals surface area contributed by atoms with Crippen LogP contribution in [0, 0.1) is 0 Å². The van der Waals surface area contributed by atoms with Gasteiger partial charge < -0.3 is 15.2 Å². The molecule has 2 N–H and O–H groups in total. The zero-order valence-electron chi connectivity index (χ0n) is 9.81. The van der Waals surface area contributed by atoms with Gasteiger partial charge >= 0.3 is 0 Å². The minimum atomic E-state index is 0. The molecular formula is C12H17ClN4. The molecule has 1 aromatic heterocycles. The van der Waals surface area contributed by atoms with E-state index in [0.29, 0.717) is 6.04 Å². The molecule has 0 spiro atoms. The fourth-order valence-corrected chi connectivity index (χ4v) is 2.21. The van der Waals surface area contributed by atoms with E-state index in [4.69, 9.17) is 0 Å². The number of halogens is 1. The highest BCUT2D eigenvalue weighted by Crippen LogP contribution is 2.17. The van der Waals surface area contributed by atoms with E-state index in [1.807, 2.05) is 18.2 Å². The molecule has 17 heavy (non-hydrogen) atoms. The Bertz CT molecular complexity index is 463. The van der Waals surface area contributed by atoms with Crippen molar-refractivity contribution in [2.24, 2.45) is 0 Å². The number of nitrogens with one attached hydrogen (secondary N) is 2. The number of hydrogen-bond acceptors (Lipinski definition) is 3. The molecule has 1 saturated heterocycles. The maximum Gasteiger partial charge on any atom is 0.203 e.